The first-order valence-corrected chi connectivity index (χ1v) is 9.15. The highest BCUT2D eigenvalue weighted by molar-refractivity contribution is 5.94. The summed E-state index contributed by atoms with van der Waals surface area (Å²) in [5, 5.41) is 6.80. The second kappa shape index (κ2) is 9.14. The number of amides is 1. The van der Waals surface area contributed by atoms with E-state index in [1.807, 2.05) is 32.0 Å². The molecule has 3 aromatic rings. The van der Waals surface area contributed by atoms with Gasteiger partial charge in [-0.3, -0.25) is 4.79 Å². The number of carbonyl (C=O) groups excluding carboxylic acids is 1. The molecule has 0 fully saturated rings. The Hall–Kier alpha value is -3.48. The number of benzene rings is 2. The van der Waals surface area contributed by atoms with Crippen LogP contribution in [0.15, 0.2) is 47.0 Å². The van der Waals surface area contributed by atoms with E-state index >= 15 is 0 Å². The van der Waals surface area contributed by atoms with E-state index in [0.29, 0.717) is 36.0 Å². The highest BCUT2D eigenvalue weighted by atomic mass is 16.5. The standard InChI is InChI=1S/C22H24N2O5/c1-14-20(15(2)29-24-14)13-28-18-7-5-16(6-8-18)22(25)23-12-17-11-19(26-3)9-10-21(17)27-4/h5-11H,12-13H2,1-4H3,(H,23,25). The molecule has 0 aliphatic heterocycles. The molecular weight excluding hydrogens is 372 g/mol. The Bertz CT molecular complexity index is 960. The Morgan fingerprint density at radius 3 is 2.38 bits per heavy atom. The predicted molar refractivity (Wildman–Crippen MR) is 107 cm³/mol. The second-order valence-corrected chi connectivity index (χ2v) is 6.48. The second-order valence-electron chi connectivity index (χ2n) is 6.48. The molecule has 0 unspecified atom stereocenters. The molecule has 29 heavy (non-hydrogen) atoms. The zero-order valence-corrected chi connectivity index (χ0v) is 16.9. The van der Waals surface area contributed by atoms with Gasteiger partial charge in [-0.05, 0) is 56.3 Å². The van der Waals surface area contributed by atoms with E-state index < -0.39 is 0 Å². The summed E-state index contributed by atoms with van der Waals surface area (Å²) < 4.78 is 21.5. The lowest BCUT2D eigenvalue weighted by Crippen LogP contribution is -2.23. The lowest BCUT2D eigenvalue weighted by atomic mass is 10.1. The fourth-order valence-corrected chi connectivity index (χ4v) is 2.86. The van der Waals surface area contributed by atoms with Crippen molar-refractivity contribution < 1.29 is 23.5 Å². The van der Waals surface area contributed by atoms with Crippen LogP contribution in [0.5, 0.6) is 17.2 Å². The van der Waals surface area contributed by atoms with Crippen LogP contribution in [0.3, 0.4) is 0 Å². The summed E-state index contributed by atoms with van der Waals surface area (Å²) in [6.45, 7) is 4.41. The summed E-state index contributed by atoms with van der Waals surface area (Å²) in [5.41, 5.74) is 3.11. The number of ether oxygens (including phenoxy) is 3. The summed E-state index contributed by atoms with van der Waals surface area (Å²) in [6.07, 6.45) is 0. The van der Waals surface area contributed by atoms with Gasteiger partial charge in [0.15, 0.2) is 0 Å². The quantitative estimate of drug-likeness (QED) is 0.623. The van der Waals surface area contributed by atoms with E-state index in [1.54, 1.807) is 38.5 Å². The SMILES string of the molecule is COc1ccc(OC)c(CNC(=O)c2ccc(OCc3c(C)noc3C)cc2)c1. The van der Waals surface area contributed by atoms with Crippen molar-refractivity contribution in [3.8, 4) is 17.2 Å². The topological polar surface area (TPSA) is 82.8 Å². The number of nitrogens with one attached hydrogen (secondary N) is 1. The van der Waals surface area contributed by atoms with Gasteiger partial charge in [-0.25, -0.2) is 0 Å². The minimum atomic E-state index is -0.188. The molecule has 2 aromatic carbocycles. The van der Waals surface area contributed by atoms with Gasteiger partial charge in [-0.15, -0.1) is 0 Å². The number of aryl methyl sites for hydroxylation is 2. The minimum absolute atomic E-state index is 0.188. The summed E-state index contributed by atoms with van der Waals surface area (Å²) >= 11 is 0. The van der Waals surface area contributed by atoms with Crippen molar-refractivity contribution in [1.29, 1.82) is 0 Å². The van der Waals surface area contributed by atoms with Crippen molar-refractivity contribution in [3.63, 3.8) is 0 Å². The molecule has 7 nitrogen and oxygen atoms in total. The molecule has 7 heteroatoms. The number of hydrogen-bond donors (Lipinski definition) is 1. The van der Waals surface area contributed by atoms with Crippen molar-refractivity contribution in [1.82, 2.24) is 10.5 Å². The van der Waals surface area contributed by atoms with E-state index in [2.05, 4.69) is 10.5 Å². The smallest absolute Gasteiger partial charge is 0.251 e. The molecule has 1 N–H and O–H groups in total. The molecule has 0 bridgehead atoms. The molecule has 0 atom stereocenters. The van der Waals surface area contributed by atoms with Crippen LogP contribution in [-0.4, -0.2) is 25.3 Å². The van der Waals surface area contributed by atoms with Gasteiger partial charge in [0, 0.05) is 17.7 Å². The number of aromatic nitrogens is 1. The molecule has 3 rings (SSSR count). The maximum Gasteiger partial charge on any atom is 0.251 e. The third-order valence-electron chi connectivity index (χ3n) is 4.61. The van der Waals surface area contributed by atoms with Gasteiger partial charge in [0.2, 0.25) is 0 Å². The molecule has 152 valence electrons. The van der Waals surface area contributed by atoms with E-state index in [0.717, 1.165) is 22.6 Å². The Kier molecular flexibility index (Phi) is 6.39. The van der Waals surface area contributed by atoms with Crippen molar-refractivity contribution in [2.24, 2.45) is 0 Å². The Balaban J connectivity index is 1.59. The van der Waals surface area contributed by atoms with E-state index in [1.165, 1.54) is 0 Å². The Morgan fingerprint density at radius 2 is 1.76 bits per heavy atom. The van der Waals surface area contributed by atoms with Crippen LogP contribution >= 0.6 is 0 Å². The van der Waals surface area contributed by atoms with Gasteiger partial charge in [-0.2, -0.15) is 0 Å². The largest absolute Gasteiger partial charge is 0.497 e. The number of methoxy groups -OCH3 is 2. The van der Waals surface area contributed by atoms with Gasteiger partial charge < -0.3 is 24.1 Å². The van der Waals surface area contributed by atoms with Gasteiger partial charge in [0.25, 0.3) is 5.91 Å². The highest BCUT2D eigenvalue weighted by Crippen LogP contribution is 2.24. The third-order valence-corrected chi connectivity index (χ3v) is 4.61. The van der Waals surface area contributed by atoms with Crippen LogP contribution in [-0.2, 0) is 13.2 Å². The predicted octanol–water partition coefficient (Wildman–Crippen LogP) is 3.82. The van der Waals surface area contributed by atoms with Gasteiger partial charge in [0.1, 0.15) is 29.6 Å². The monoisotopic (exact) mass is 396 g/mol. The Labute approximate surface area is 169 Å². The van der Waals surface area contributed by atoms with Crippen LogP contribution in [0.25, 0.3) is 0 Å². The molecule has 0 saturated heterocycles. The number of hydrogen-bond acceptors (Lipinski definition) is 6. The van der Waals surface area contributed by atoms with E-state index in [9.17, 15) is 4.79 Å². The van der Waals surface area contributed by atoms with Crippen LogP contribution in [0.2, 0.25) is 0 Å². The molecule has 1 amide bonds. The first-order valence-electron chi connectivity index (χ1n) is 9.15. The van der Waals surface area contributed by atoms with Crippen LogP contribution in [0, 0.1) is 13.8 Å². The lowest BCUT2D eigenvalue weighted by Gasteiger charge is -2.12. The van der Waals surface area contributed by atoms with E-state index in [-0.39, 0.29) is 5.91 Å². The van der Waals surface area contributed by atoms with Crippen molar-refractivity contribution in [2.45, 2.75) is 27.0 Å². The summed E-state index contributed by atoms with van der Waals surface area (Å²) in [4.78, 5) is 12.5. The summed E-state index contributed by atoms with van der Waals surface area (Å²) in [5.74, 6) is 2.61. The number of carbonyl (C=O) groups is 1. The first kappa shape index (κ1) is 20.3. The zero-order chi connectivity index (χ0) is 20.8. The molecule has 0 aliphatic carbocycles. The molecule has 0 spiro atoms. The van der Waals surface area contributed by atoms with Crippen molar-refractivity contribution >= 4 is 5.91 Å². The maximum absolute atomic E-state index is 12.5. The van der Waals surface area contributed by atoms with E-state index in [4.69, 9.17) is 18.7 Å². The summed E-state index contributed by atoms with van der Waals surface area (Å²) in [7, 11) is 3.19. The number of rotatable bonds is 8. The third kappa shape index (κ3) is 4.87. The summed E-state index contributed by atoms with van der Waals surface area (Å²) in [6, 6.07) is 12.4. The van der Waals surface area contributed by atoms with Crippen LogP contribution < -0.4 is 19.5 Å². The normalized spacial score (nSPS) is 10.5. The fraction of sp³-hybridized carbons (Fsp3) is 0.273. The molecule has 0 aliphatic rings. The first-order chi connectivity index (χ1) is 14.0. The average molecular weight is 396 g/mol. The zero-order valence-electron chi connectivity index (χ0n) is 16.9. The minimum Gasteiger partial charge on any atom is -0.497 e. The van der Waals surface area contributed by atoms with Gasteiger partial charge in [0.05, 0.1) is 25.5 Å². The maximum atomic E-state index is 12.5. The highest BCUT2D eigenvalue weighted by Gasteiger charge is 2.11. The van der Waals surface area contributed by atoms with Crippen molar-refractivity contribution in [3.05, 3.63) is 70.6 Å². The molecule has 1 aromatic heterocycles. The molecule has 1 heterocycles. The van der Waals surface area contributed by atoms with Gasteiger partial charge >= 0.3 is 0 Å². The van der Waals surface area contributed by atoms with Gasteiger partial charge in [-0.1, -0.05) is 5.16 Å². The average Bonchev–Trinajstić information content (AvgIpc) is 3.07. The van der Waals surface area contributed by atoms with Crippen LogP contribution in [0.1, 0.15) is 32.9 Å². The number of nitrogens with zero attached hydrogens (tertiary/aromatic N) is 1. The molecule has 0 radical (unpaired) electrons. The molecular formula is C22H24N2O5. The Morgan fingerprint density at radius 1 is 1.03 bits per heavy atom. The fourth-order valence-electron chi connectivity index (χ4n) is 2.86. The lowest BCUT2D eigenvalue weighted by molar-refractivity contribution is 0.0950. The van der Waals surface area contributed by atoms with Crippen LogP contribution in [0.4, 0.5) is 0 Å². The van der Waals surface area contributed by atoms with Crippen molar-refractivity contribution in [2.75, 3.05) is 14.2 Å². The molecule has 0 saturated carbocycles.